The van der Waals surface area contributed by atoms with Gasteiger partial charge in [0.1, 0.15) is 11.5 Å². The van der Waals surface area contributed by atoms with E-state index < -0.39 is 0 Å². The van der Waals surface area contributed by atoms with Crippen molar-refractivity contribution >= 4 is 38.6 Å². The minimum absolute atomic E-state index is 0.886. The maximum Gasteiger partial charge on any atom is 0.135 e. The Bertz CT molecular complexity index is 2760. The minimum atomic E-state index is 0.886. The van der Waals surface area contributed by atoms with Gasteiger partial charge in [0, 0.05) is 27.8 Å². The molecule has 2 heteroatoms. The van der Waals surface area contributed by atoms with Crippen LogP contribution < -0.4 is 9.64 Å². The molecule has 1 aliphatic rings. The summed E-state index contributed by atoms with van der Waals surface area (Å²) >= 11 is 0. The highest BCUT2D eigenvalue weighted by Crippen LogP contribution is 2.50. The molecule has 9 aromatic rings. The summed E-state index contributed by atoms with van der Waals surface area (Å²) in [4.78, 5) is 2.43. The van der Waals surface area contributed by atoms with Crippen molar-refractivity contribution in [1.29, 1.82) is 0 Å². The second-order valence-electron chi connectivity index (χ2n) is 13.3. The fourth-order valence-electron chi connectivity index (χ4n) is 7.85. The van der Waals surface area contributed by atoms with Gasteiger partial charge in [-0.25, -0.2) is 0 Å². The second-order valence-corrected chi connectivity index (χ2v) is 13.3. The summed E-state index contributed by atoms with van der Waals surface area (Å²) in [7, 11) is 0. The lowest BCUT2D eigenvalue weighted by molar-refractivity contribution is 0.487. The maximum absolute atomic E-state index is 6.39. The standard InChI is InChI=1S/C50H33NO/c1-2-14-34(15-3-1)35-28-30-39(31-29-35)51(47-25-10-7-21-43(47)42-23-12-17-36-16-4-5-19-40(36)42)46-24-9-6-20-41(46)38-32-37-18-13-27-49-50(37)45(33-38)44-22-8-11-26-48(44)52-49/h1-33H. The summed E-state index contributed by atoms with van der Waals surface area (Å²) in [5.74, 6) is 1.78. The van der Waals surface area contributed by atoms with Crippen LogP contribution in [0.1, 0.15) is 0 Å². The van der Waals surface area contributed by atoms with Gasteiger partial charge in [0.25, 0.3) is 0 Å². The highest BCUT2D eigenvalue weighted by Gasteiger charge is 2.24. The first-order valence-corrected chi connectivity index (χ1v) is 17.8. The Hall–Kier alpha value is -6.90. The van der Waals surface area contributed by atoms with Gasteiger partial charge in [-0.15, -0.1) is 0 Å². The summed E-state index contributed by atoms with van der Waals surface area (Å²) in [5, 5.41) is 4.76. The number of rotatable bonds is 6. The Morgan fingerprint density at radius 1 is 0.327 bits per heavy atom. The van der Waals surface area contributed by atoms with Crippen molar-refractivity contribution in [3.05, 3.63) is 200 Å². The number of nitrogens with zero attached hydrogens (tertiary/aromatic N) is 1. The van der Waals surface area contributed by atoms with E-state index in [1.165, 1.54) is 38.6 Å². The molecule has 10 rings (SSSR count). The lowest BCUT2D eigenvalue weighted by Crippen LogP contribution is -2.12. The van der Waals surface area contributed by atoms with Crippen LogP contribution in [0.15, 0.2) is 200 Å². The van der Waals surface area contributed by atoms with Gasteiger partial charge < -0.3 is 9.64 Å². The van der Waals surface area contributed by atoms with Crippen molar-refractivity contribution in [3.63, 3.8) is 0 Å². The minimum Gasteiger partial charge on any atom is -0.456 e. The van der Waals surface area contributed by atoms with E-state index in [1.54, 1.807) is 0 Å². The fraction of sp³-hybridized carbons (Fsp3) is 0. The third-order valence-electron chi connectivity index (χ3n) is 10.2. The second kappa shape index (κ2) is 12.5. The Labute approximate surface area is 303 Å². The van der Waals surface area contributed by atoms with Crippen molar-refractivity contribution in [2.45, 2.75) is 0 Å². The molecule has 0 radical (unpaired) electrons. The predicted molar refractivity (Wildman–Crippen MR) is 218 cm³/mol. The van der Waals surface area contributed by atoms with Gasteiger partial charge in [-0.2, -0.15) is 0 Å². The molecule has 0 amide bonds. The zero-order chi connectivity index (χ0) is 34.4. The van der Waals surface area contributed by atoms with Crippen LogP contribution in [0.4, 0.5) is 17.1 Å². The van der Waals surface area contributed by atoms with Gasteiger partial charge in [0.15, 0.2) is 0 Å². The maximum atomic E-state index is 6.39. The molecular weight excluding hydrogens is 631 g/mol. The molecule has 0 atom stereocenters. The zero-order valence-corrected chi connectivity index (χ0v) is 28.4. The number of anilines is 3. The van der Waals surface area contributed by atoms with E-state index >= 15 is 0 Å². The molecule has 0 fully saturated rings. The van der Waals surface area contributed by atoms with Crippen LogP contribution in [0.3, 0.4) is 0 Å². The summed E-state index contributed by atoms with van der Waals surface area (Å²) in [6.45, 7) is 0. The van der Waals surface area contributed by atoms with Crippen molar-refractivity contribution in [2.24, 2.45) is 0 Å². The fourth-order valence-corrected chi connectivity index (χ4v) is 7.85. The van der Waals surface area contributed by atoms with E-state index in [1.807, 2.05) is 6.07 Å². The first-order valence-electron chi connectivity index (χ1n) is 17.8. The third-order valence-corrected chi connectivity index (χ3v) is 10.2. The first-order chi connectivity index (χ1) is 25.8. The highest BCUT2D eigenvalue weighted by atomic mass is 16.5. The molecule has 2 nitrogen and oxygen atoms in total. The van der Waals surface area contributed by atoms with Crippen LogP contribution in [0.5, 0.6) is 11.5 Å². The Balaban J connectivity index is 1.21. The number of para-hydroxylation sites is 3. The molecule has 0 unspecified atom stereocenters. The van der Waals surface area contributed by atoms with E-state index in [0.717, 1.165) is 56.0 Å². The average Bonchev–Trinajstić information content (AvgIpc) is 3.22. The third kappa shape index (κ3) is 5.04. The number of fused-ring (bicyclic) bond motifs is 3. The van der Waals surface area contributed by atoms with Crippen molar-refractivity contribution in [2.75, 3.05) is 4.90 Å². The van der Waals surface area contributed by atoms with Gasteiger partial charge in [0.05, 0.1) is 11.4 Å². The van der Waals surface area contributed by atoms with Gasteiger partial charge >= 0.3 is 0 Å². The van der Waals surface area contributed by atoms with E-state index in [2.05, 4.69) is 199 Å². The largest absolute Gasteiger partial charge is 0.456 e. The van der Waals surface area contributed by atoms with E-state index in [-0.39, 0.29) is 0 Å². The van der Waals surface area contributed by atoms with Gasteiger partial charge in [0.2, 0.25) is 0 Å². The Kier molecular flexibility index (Phi) is 7.18. The SMILES string of the molecule is c1ccc(-c2ccc(N(c3ccccc3-c3cc4c5c(cccc5c3)Oc3ccccc3-4)c3ccccc3-c3cccc4ccccc34)cc2)cc1. The number of ether oxygens (including phenoxy) is 1. The molecule has 9 aromatic carbocycles. The van der Waals surface area contributed by atoms with Crippen LogP contribution in [0.2, 0.25) is 0 Å². The normalized spacial score (nSPS) is 11.6. The number of hydrogen-bond donors (Lipinski definition) is 0. The van der Waals surface area contributed by atoms with E-state index in [4.69, 9.17) is 4.74 Å². The molecule has 0 aliphatic carbocycles. The summed E-state index contributed by atoms with van der Waals surface area (Å²) in [5.41, 5.74) is 12.7. The molecule has 0 aromatic heterocycles. The van der Waals surface area contributed by atoms with Crippen molar-refractivity contribution < 1.29 is 4.74 Å². The number of hydrogen-bond acceptors (Lipinski definition) is 2. The summed E-state index contributed by atoms with van der Waals surface area (Å²) in [6, 6.07) is 71.8. The molecule has 0 bridgehead atoms. The highest BCUT2D eigenvalue weighted by molar-refractivity contribution is 6.08. The molecular formula is C50H33NO. The van der Waals surface area contributed by atoms with Gasteiger partial charge in [-0.05, 0) is 92.5 Å². The smallest absolute Gasteiger partial charge is 0.135 e. The molecule has 0 spiro atoms. The number of benzene rings is 9. The van der Waals surface area contributed by atoms with Crippen LogP contribution in [-0.2, 0) is 0 Å². The quantitative estimate of drug-likeness (QED) is 0.176. The lowest BCUT2D eigenvalue weighted by Gasteiger charge is -2.30. The molecule has 1 heterocycles. The summed E-state index contributed by atoms with van der Waals surface area (Å²) in [6.07, 6.45) is 0. The van der Waals surface area contributed by atoms with Crippen LogP contribution in [0.25, 0.3) is 66.1 Å². The molecule has 0 saturated carbocycles. The Morgan fingerprint density at radius 2 is 0.904 bits per heavy atom. The van der Waals surface area contributed by atoms with Gasteiger partial charge in [-0.3, -0.25) is 0 Å². The topological polar surface area (TPSA) is 12.5 Å². The molecule has 52 heavy (non-hydrogen) atoms. The Morgan fingerprint density at radius 3 is 1.75 bits per heavy atom. The van der Waals surface area contributed by atoms with E-state index in [9.17, 15) is 0 Å². The molecule has 244 valence electrons. The average molecular weight is 664 g/mol. The van der Waals surface area contributed by atoms with Crippen LogP contribution >= 0.6 is 0 Å². The zero-order valence-electron chi connectivity index (χ0n) is 28.4. The lowest BCUT2D eigenvalue weighted by atomic mass is 9.90. The monoisotopic (exact) mass is 663 g/mol. The van der Waals surface area contributed by atoms with Crippen LogP contribution in [0, 0.1) is 0 Å². The van der Waals surface area contributed by atoms with Crippen LogP contribution in [-0.4, -0.2) is 0 Å². The summed E-state index contributed by atoms with van der Waals surface area (Å²) < 4.78 is 6.39. The predicted octanol–water partition coefficient (Wildman–Crippen LogP) is 14.2. The molecule has 0 saturated heterocycles. The van der Waals surface area contributed by atoms with Crippen molar-refractivity contribution in [1.82, 2.24) is 0 Å². The molecule has 0 N–H and O–H groups in total. The first kappa shape index (κ1) is 30.0. The van der Waals surface area contributed by atoms with E-state index in [0.29, 0.717) is 0 Å². The van der Waals surface area contributed by atoms with Gasteiger partial charge in [-0.1, -0.05) is 152 Å². The molecule has 1 aliphatic heterocycles. The van der Waals surface area contributed by atoms with Crippen molar-refractivity contribution in [3.8, 4) is 56.0 Å².